The minimum atomic E-state index is -0.565. The van der Waals surface area contributed by atoms with Gasteiger partial charge in [0.1, 0.15) is 11.0 Å². The molecule has 8 nitrogen and oxygen atoms in total. The van der Waals surface area contributed by atoms with E-state index in [4.69, 9.17) is 9.47 Å². The van der Waals surface area contributed by atoms with E-state index in [1.54, 1.807) is 16.3 Å². The van der Waals surface area contributed by atoms with Crippen molar-refractivity contribution in [2.45, 2.75) is 24.9 Å². The maximum atomic E-state index is 12.6. The van der Waals surface area contributed by atoms with E-state index in [9.17, 15) is 14.4 Å². The van der Waals surface area contributed by atoms with Crippen LogP contribution in [0.4, 0.5) is 5.00 Å². The summed E-state index contributed by atoms with van der Waals surface area (Å²) in [7, 11) is 1.31. The quantitative estimate of drug-likeness (QED) is 0.697. The van der Waals surface area contributed by atoms with Crippen LogP contribution in [-0.2, 0) is 19.1 Å². The third-order valence-electron chi connectivity index (χ3n) is 4.27. The Morgan fingerprint density at radius 1 is 1.50 bits per heavy atom. The molecule has 1 aromatic heterocycles. The molecular weight excluding hydrogens is 382 g/mol. The maximum absolute atomic E-state index is 12.6. The van der Waals surface area contributed by atoms with E-state index >= 15 is 0 Å². The number of rotatable bonds is 5. The zero-order valence-electron chi connectivity index (χ0n) is 14.4. The molecule has 2 N–H and O–H groups in total. The first-order valence-electron chi connectivity index (χ1n) is 8.18. The number of nitrogens with one attached hydrogen (secondary N) is 2. The molecule has 2 amide bonds. The molecule has 10 heteroatoms. The number of esters is 1. The Morgan fingerprint density at radius 2 is 2.31 bits per heavy atom. The average molecular weight is 404 g/mol. The molecule has 0 aromatic carbocycles. The van der Waals surface area contributed by atoms with Gasteiger partial charge in [-0.25, -0.2) is 4.79 Å². The highest BCUT2D eigenvalue weighted by molar-refractivity contribution is 7.14. The van der Waals surface area contributed by atoms with Gasteiger partial charge in [-0.1, -0.05) is 0 Å². The molecular formula is C16H22ClN3O5S. The van der Waals surface area contributed by atoms with Gasteiger partial charge in [0.05, 0.1) is 25.9 Å². The molecule has 2 aliphatic rings. The van der Waals surface area contributed by atoms with E-state index < -0.39 is 12.0 Å². The second kappa shape index (κ2) is 9.31. The molecule has 3 rings (SSSR count). The molecule has 2 fully saturated rings. The molecule has 2 saturated heterocycles. The smallest absolute Gasteiger partial charge is 0.340 e. The third-order valence-corrected chi connectivity index (χ3v) is 5.20. The van der Waals surface area contributed by atoms with E-state index in [1.165, 1.54) is 18.4 Å². The summed E-state index contributed by atoms with van der Waals surface area (Å²) in [5.74, 6) is -0.851. The third kappa shape index (κ3) is 4.53. The van der Waals surface area contributed by atoms with Crippen LogP contribution >= 0.6 is 23.7 Å². The monoisotopic (exact) mass is 403 g/mol. The number of halogens is 1. The Balaban J connectivity index is 0.00000243. The highest BCUT2D eigenvalue weighted by Gasteiger charge is 2.36. The van der Waals surface area contributed by atoms with Crippen molar-refractivity contribution in [3.05, 3.63) is 17.0 Å². The van der Waals surface area contributed by atoms with Gasteiger partial charge < -0.3 is 25.0 Å². The summed E-state index contributed by atoms with van der Waals surface area (Å²) in [6.45, 7) is 2.33. The largest absolute Gasteiger partial charge is 0.465 e. The Kier molecular flexibility index (Phi) is 7.39. The number of thiophene rings is 1. The number of carbonyl (C=O) groups is 3. The molecule has 0 bridgehead atoms. The van der Waals surface area contributed by atoms with Crippen LogP contribution < -0.4 is 15.5 Å². The Morgan fingerprint density at radius 3 is 3.00 bits per heavy atom. The summed E-state index contributed by atoms with van der Waals surface area (Å²) in [5, 5.41) is 8.32. The Hall–Kier alpha value is -1.68. The second-order valence-corrected chi connectivity index (χ2v) is 6.85. The van der Waals surface area contributed by atoms with Crippen molar-refractivity contribution in [2.24, 2.45) is 0 Å². The van der Waals surface area contributed by atoms with Gasteiger partial charge in [0.25, 0.3) is 0 Å². The molecule has 2 aliphatic heterocycles. The number of carbonyl (C=O) groups excluding carboxylic acids is 3. The number of morpholine rings is 1. The van der Waals surface area contributed by atoms with E-state index in [-0.39, 0.29) is 36.7 Å². The summed E-state index contributed by atoms with van der Waals surface area (Å²) in [6, 6.07) is 1.05. The molecule has 2 atom stereocenters. The molecule has 26 heavy (non-hydrogen) atoms. The number of methoxy groups -OCH3 is 1. The molecule has 0 radical (unpaired) electrons. The van der Waals surface area contributed by atoms with Gasteiger partial charge in [0, 0.05) is 25.6 Å². The maximum Gasteiger partial charge on any atom is 0.340 e. The normalized spacial score (nSPS) is 22.7. The van der Waals surface area contributed by atoms with Crippen molar-refractivity contribution in [2.75, 3.05) is 38.3 Å². The highest BCUT2D eigenvalue weighted by Crippen LogP contribution is 2.31. The summed E-state index contributed by atoms with van der Waals surface area (Å²) >= 11 is 1.31. The van der Waals surface area contributed by atoms with Crippen LogP contribution in [0.2, 0.25) is 0 Å². The molecule has 0 aliphatic carbocycles. The van der Waals surface area contributed by atoms with E-state index in [2.05, 4.69) is 10.6 Å². The Bertz CT molecular complexity index is 662. The average Bonchev–Trinajstić information content (AvgIpc) is 3.22. The topological polar surface area (TPSA) is 97.0 Å². The Labute approximate surface area is 161 Å². The van der Waals surface area contributed by atoms with E-state index in [1.807, 2.05) is 0 Å². The summed E-state index contributed by atoms with van der Waals surface area (Å²) in [4.78, 5) is 38.1. The summed E-state index contributed by atoms with van der Waals surface area (Å²) in [6.07, 6.45) is 0.786. The van der Waals surface area contributed by atoms with Crippen LogP contribution in [0.3, 0.4) is 0 Å². The molecule has 2 unspecified atom stereocenters. The molecule has 3 heterocycles. The number of anilines is 1. The van der Waals surface area contributed by atoms with Crippen LogP contribution in [0.25, 0.3) is 0 Å². The van der Waals surface area contributed by atoms with Gasteiger partial charge >= 0.3 is 5.97 Å². The minimum absolute atomic E-state index is 0. The zero-order valence-corrected chi connectivity index (χ0v) is 16.0. The van der Waals surface area contributed by atoms with Crippen LogP contribution in [0, 0.1) is 0 Å². The second-order valence-electron chi connectivity index (χ2n) is 5.96. The van der Waals surface area contributed by atoms with Crippen LogP contribution in [0.1, 0.15) is 23.2 Å². The van der Waals surface area contributed by atoms with Crippen molar-refractivity contribution in [1.29, 1.82) is 0 Å². The predicted octanol–water partition coefficient (Wildman–Crippen LogP) is 0.557. The van der Waals surface area contributed by atoms with Crippen molar-refractivity contribution in [3.8, 4) is 0 Å². The first-order valence-corrected chi connectivity index (χ1v) is 9.05. The summed E-state index contributed by atoms with van der Waals surface area (Å²) in [5.41, 5.74) is 0.372. The highest BCUT2D eigenvalue weighted by atomic mass is 35.5. The number of nitrogens with zero attached hydrogens (tertiary/aromatic N) is 1. The standard InChI is InChI=1S/C16H21N3O5S.ClH/c1-23-16(22)11-3-7-25-15(11)19-5-2-12(14(19)21)18-13(20)8-10-9-24-6-4-17-10;/h3,7,10,12,17H,2,4-6,8-9H2,1H3,(H,18,20);1H. The van der Waals surface area contributed by atoms with Gasteiger partial charge in [-0.15, -0.1) is 23.7 Å². The fourth-order valence-corrected chi connectivity index (χ4v) is 3.94. The van der Waals surface area contributed by atoms with Gasteiger partial charge in [-0.3, -0.25) is 9.59 Å². The molecule has 0 saturated carbocycles. The lowest BCUT2D eigenvalue weighted by atomic mass is 10.1. The predicted molar refractivity (Wildman–Crippen MR) is 99.0 cm³/mol. The van der Waals surface area contributed by atoms with Crippen LogP contribution in [-0.4, -0.2) is 63.3 Å². The van der Waals surface area contributed by atoms with Crippen LogP contribution in [0.5, 0.6) is 0 Å². The minimum Gasteiger partial charge on any atom is -0.465 e. The summed E-state index contributed by atoms with van der Waals surface area (Å²) < 4.78 is 10.1. The first-order chi connectivity index (χ1) is 12.1. The van der Waals surface area contributed by atoms with Gasteiger partial charge in [0.2, 0.25) is 11.8 Å². The lowest BCUT2D eigenvalue weighted by Crippen LogP contribution is -2.47. The molecule has 1 aromatic rings. The lowest BCUT2D eigenvalue weighted by molar-refractivity contribution is -0.127. The number of amides is 2. The van der Waals surface area contributed by atoms with Crippen molar-refractivity contribution in [3.63, 3.8) is 0 Å². The van der Waals surface area contributed by atoms with Gasteiger partial charge in [-0.2, -0.15) is 0 Å². The fraction of sp³-hybridized carbons (Fsp3) is 0.562. The lowest BCUT2D eigenvalue weighted by Gasteiger charge is -2.23. The zero-order chi connectivity index (χ0) is 17.8. The number of hydrogen-bond donors (Lipinski definition) is 2. The van der Waals surface area contributed by atoms with Crippen molar-refractivity contribution in [1.82, 2.24) is 10.6 Å². The SMILES string of the molecule is COC(=O)c1ccsc1N1CCC(NC(=O)CC2COCCN2)C1=O.Cl. The van der Waals surface area contributed by atoms with E-state index in [0.717, 1.165) is 6.54 Å². The number of hydrogen-bond acceptors (Lipinski definition) is 7. The number of ether oxygens (including phenoxy) is 2. The van der Waals surface area contributed by atoms with Crippen LogP contribution in [0.15, 0.2) is 11.4 Å². The van der Waals surface area contributed by atoms with E-state index in [0.29, 0.717) is 36.7 Å². The van der Waals surface area contributed by atoms with Crippen molar-refractivity contribution < 1.29 is 23.9 Å². The van der Waals surface area contributed by atoms with Gasteiger partial charge in [0.15, 0.2) is 0 Å². The fourth-order valence-electron chi connectivity index (χ4n) is 3.02. The molecule has 0 spiro atoms. The first kappa shape index (κ1) is 20.6. The van der Waals surface area contributed by atoms with Gasteiger partial charge in [-0.05, 0) is 17.9 Å². The van der Waals surface area contributed by atoms with Crippen molar-refractivity contribution >= 4 is 46.5 Å². The molecule has 144 valence electrons.